The van der Waals surface area contributed by atoms with Gasteiger partial charge in [0, 0.05) is 0 Å². The van der Waals surface area contributed by atoms with Gasteiger partial charge in [0.15, 0.2) is 11.5 Å². The largest absolute Gasteiger partial charge is 0.454 e. The van der Waals surface area contributed by atoms with Crippen LogP contribution in [0, 0.1) is 6.92 Å². The Balaban J connectivity index is 1.73. The highest BCUT2D eigenvalue weighted by molar-refractivity contribution is 9.10. The number of anilines is 1. The van der Waals surface area contributed by atoms with Gasteiger partial charge in [-0.25, -0.2) is 0 Å². The summed E-state index contributed by atoms with van der Waals surface area (Å²) in [6, 6.07) is 11.9. The van der Waals surface area contributed by atoms with Crippen molar-refractivity contribution in [3.05, 3.63) is 52.0 Å². The lowest BCUT2D eigenvalue weighted by molar-refractivity contribution is 0.173. The number of nitrogens with zero attached hydrogens (tertiary/aromatic N) is 1. The van der Waals surface area contributed by atoms with Crippen molar-refractivity contribution in [2.24, 2.45) is 5.10 Å². The first-order valence-electron chi connectivity index (χ1n) is 6.17. The van der Waals surface area contributed by atoms with Crippen LogP contribution in [0.25, 0.3) is 0 Å². The van der Waals surface area contributed by atoms with Crippen LogP contribution in [0.15, 0.2) is 46.0 Å². The minimum atomic E-state index is 0.260. The van der Waals surface area contributed by atoms with Crippen LogP contribution in [-0.4, -0.2) is 13.0 Å². The van der Waals surface area contributed by atoms with E-state index in [0.717, 1.165) is 27.2 Å². The molecule has 0 fully saturated rings. The zero-order valence-electron chi connectivity index (χ0n) is 10.9. The molecule has 0 unspecified atom stereocenters. The normalized spacial score (nSPS) is 12.9. The second-order valence-electron chi connectivity index (χ2n) is 4.47. The van der Waals surface area contributed by atoms with Crippen molar-refractivity contribution in [1.29, 1.82) is 0 Å². The van der Waals surface area contributed by atoms with E-state index < -0.39 is 0 Å². The molecule has 0 atom stereocenters. The Hall–Kier alpha value is -2.01. The molecule has 1 heterocycles. The fourth-order valence-electron chi connectivity index (χ4n) is 1.87. The van der Waals surface area contributed by atoms with Gasteiger partial charge in [0.2, 0.25) is 6.79 Å². The van der Waals surface area contributed by atoms with E-state index in [1.807, 2.05) is 36.4 Å². The summed E-state index contributed by atoms with van der Waals surface area (Å²) in [4.78, 5) is 0. The molecule has 0 amide bonds. The summed E-state index contributed by atoms with van der Waals surface area (Å²) in [5.74, 6) is 1.48. The Labute approximate surface area is 125 Å². The Bertz CT molecular complexity index is 654. The van der Waals surface area contributed by atoms with E-state index in [0.29, 0.717) is 0 Å². The zero-order chi connectivity index (χ0) is 13.9. The number of ether oxygens (including phenoxy) is 2. The van der Waals surface area contributed by atoms with Crippen LogP contribution in [-0.2, 0) is 0 Å². The third-order valence-corrected chi connectivity index (χ3v) is 3.50. The number of benzene rings is 2. The molecule has 1 aliphatic rings. The van der Waals surface area contributed by atoms with Crippen molar-refractivity contribution in [2.45, 2.75) is 6.92 Å². The zero-order valence-corrected chi connectivity index (χ0v) is 12.5. The maximum Gasteiger partial charge on any atom is 0.231 e. The molecule has 4 nitrogen and oxygen atoms in total. The topological polar surface area (TPSA) is 42.9 Å². The monoisotopic (exact) mass is 332 g/mol. The van der Waals surface area contributed by atoms with E-state index in [1.54, 1.807) is 6.21 Å². The quantitative estimate of drug-likeness (QED) is 0.684. The Morgan fingerprint density at radius 2 is 2.00 bits per heavy atom. The first kappa shape index (κ1) is 13.0. The van der Waals surface area contributed by atoms with Crippen LogP contribution >= 0.6 is 15.9 Å². The van der Waals surface area contributed by atoms with Crippen molar-refractivity contribution in [3.63, 3.8) is 0 Å². The average molecular weight is 333 g/mol. The maximum absolute atomic E-state index is 5.36. The van der Waals surface area contributed by atoms with Crippen molar-refractivity contribution >= 4 is 27.8 Å². The molecular formula is C15H13BrN2O2. The average Bonchev–Trinajstić information content (AvgIpc) is 2.90. The second kappa shape index (κ2) is 5.54. The summed E-state index contributed by atoms with van der Waals surface area (Å²) in [6.45, 7) is 2.31. The lowest BCUT2D eigenvalue weighted by atomic mass is 10.2. The van der Waals surface area contributed by atoms with Crippen LogP contribution in [0.2, 0.25) is 0 Å². The lowest BCUT2D eigenvalue weighted by Crippen LogP contribution is -1.93. The number of hydrogen-bond donors (Lipinski definition) is 1. The van der Waals surface area contributed by atoms with Gasteiger partial charge in [0.05, 0.1) is 16.4 Å². The third kappa shape index (κ3) is 2.77. The number of hydrazone groups is 1. The first-order chi connectivity index (χ1) is 9.72. The number of rotatable bonds is 3. The van der Waals surface area contributed by atoms with Gasteiger partial charge in [-0.15, -0.1) is 0 Å². The van der Waals surface area contributed by atoms with E-state index >= 15 is 0 Å². The van der Waals surface area contributed by atoms with Gasteiger partial charge < -0.3 is 9.47 Å². The van der Waals surface area contributed by atoms with E-state index in [9.17, 15) is 0 Å². The molecule has 3 rings (SSSR count). The van der Waals surface area contributed by atoms with Crippen molar-refractivity contribution in [2.75, 3.05) is 12.2 Å². The minimum absolute atomic E-state index is 0.260. The molecule has 102 valence electrons. The summed E-state index contributed by atoms with van der Waals surface area (Å²) in [5, 5.41) is 4.22. The molecule has 0 saturated heterocycles. The van der Waals surface area contributed by atoms with Gasteiger partial charge in [-0.3, -0.25) is 5.43 Å². The summed E-state index contributed by atoms with van der Waals surface area (Å²) in [6.07, 6.45) is 1.74. The lowest BCUT2D eigenvalue weighted by Gasteiger charge is -2.02. The number of hydrogen-bond acceptors (Lipinski definition) is 4. The van der Waals surface area contributed by atoms with Gasteiger partial charge in [0.25, 0.3) is 0 Å². The summed E-state index contributed by atoms with van der Waals surface area (Å²) < 4.78 is 11.6. The molecule has 0 bridgehead atoms. The number of nitrogens with one attached hydrogen (secondary N) is 1. The van der Waals surface area contributed by atoms with E-state index in [2.05, 4.69) is 33.4 Å². The Morgan fingerprint density at radius 1 is 1.20 bits per heavy atom. The van der Waals surface area contributed by atoms with Gasteiger partial charge in [-0.05, 0) is 52.7 Å². The highest BCUT2D eigenvalue weighted by Crippen LogP contribution is 2.39. The van der Waals surface area contributed by atoms with E-state index in [-0.39, 0.29) is 6.79 Å². The summed E-state index contributed by atoms with van der Waals surface area (Å²) >= 11 is 3.46. The minimum Gasteiger partial charge on any atom is -0.454 e. The van der Waals surface area contributed by atoms with Crippen molar-refractivity contribution in [3.8, 4) is 11.5 Å². The van der Waals surface area contributed by atoms with Gasteiger partial charge in [0.1, 0.15) is 0 Å². The molecule has 5 heteroatoms. The first-order valence-corrected chi connectivity index (χ1v) is 6.96. The van der Waals surface area contributed by atoms with Crippen LogP contribution in [0.5, 0.6) is 11.5 Å². The Morgan fingerprint density at radius 3 is 2.80 bits per heavy atom. The molecule has 0 spiro atoms. The number of fused-ring (bicyclic) bond motifs is 1. The molecule has 0 saturated carbocycles. The van der Waals surface area contributed by atoms with Crippen LogP contribution < -0.4 is 14.9 Å². The highest BCUT2D eigenvalue weighted by atomic mass is 79.9. The molecule has 1 N–H and O–H groups in total. The summed E-state index contributed by atoms with van der Waals surface area (Å²) in [7, 11) is 0. The van der Waals surface area contributed by atoms with Crippen LogP contribution in [0.1, 0.15) is 11.1 Å². The number of halogens is 1. The SMILES string of the molecule is Cc1ccc(N/N=C\c2cc(Br)c3c(c2)OCO3)cc1. The smallest absolute Gasteiger partial charge is 0.231 e. The second-order valence-corrected chi connectivity index (χ2v) is 5.33. The third-order valence-electron chi connectivity index (χ3n) is 2.91. The molecule has 2 aromatic rings. The van der Waals surface area contributed by atoms with Gasteiger partial charge in [-0.2, -0.15) is 5.10 Å². The van der Waals surface area contributed by atoms with Crippen LogP contribution in [0.3, 0.4) is 0 Å². The van der Waals surface area contributed by atoms with E-state index in [4.69, 9.17) is 9.47 Å². The fraction of sp³-hybridized carbons (Fsp3) is 0.133. The van der Waals surface area contributed by atoms with Crippen LogP contribution in [0.4, 0.5) is 5.69 Å². The predicted octanol–water partition coefficient (Wildman–Crippen LogP) is 3.93. The highest BCUT2D eigenvalue weighted by Gasteiger charge is 2.17. The molecule has 2 aromatic carbocycles. The fourth-order valence-corrected chi connectivity index (χ4v) is 2.45. The van der Waals surface area contributed by atoms with Gasteiger partial charge >= 0.3 is 0 Å². The number of aryl methyl sites for hydroxylation is 1. The maximum atomic E-state index is 5.36. The predicted molar refractivity (Wildman–Crippen MR) is 82.7 cm³/mol. The van der Waals surface area contributed by atoms with Crippen molar-refractivity contribution < 1.29 is 9.47 Å². The van der Waals surface area contributed by atoms with Crippen molar-refractivity contribution in [1.82, 2.24) is 0 Å². The molecule has 1 aliphatic heterocycles. The standard InChI is InChI=1S/C15H13BrN2O2/c1-10-2-4-12(5-3-10)18-17-8-11-6-13(16)15-14(7-11)19-9-20-15/h2-8,18H,9H2,1H3/b17-8-. The Kier molecular flexibility index (Phi) is 3.60. The molecule has 0 aromatic heterocycles. The van der Waals surface area contributed by atoms with Gasteiger partial charge in [-0.1, -0.05) is 17.7 Å². The summed E-state index contributed by atoms with van der Waals surface area (Å²) in [5.41, 5.74) is 6.09. The van der Waals surface area contributed by atoms with E-state index in [1.165, 1.54) is 5.56 Å². The molecule has 20 heavy (non-hydrogen) atoms. The molecular weight excluding hydrogens is 320 g/mol. The molecule has 0 radical (unpaired) electrons. The molecule has 0 aliphatic carbocycles.